The van der Waals surface area contributed by atoms with Crippen LogP contribution in [0.5, 0.6) is 0 Å². The summed E-state index contributed by atoms with van der Waals surface area (Å²) in [7, 11) is 0. The monoisotopic (exact) mass is 725 g/mol. The van der Waals surface area contributed by atoms with Gasteiger partial charge in [-0.2, -0.15) is 0 Å². The molecule has 0 aliphatic rings. The molecular weight excluding hydrogens is 691 g/mol. The van der Waals surface area contributed by atoms with Gasteiger partial charge in [0.05, 0.1) is 44.5 Å². The molecule has 0 amide bonds. The molecule has 3 aromatic heterocycles. The van der Waals surface area contributed by atoms with E-state index in [4.69, 9.17) is 0 Å². The summed E-state index contributed by atoms with van der Waals surface area (Å²) in [5.41, 5.74) is 15.5. The number of nitrogens with zero attached hydrogens (tertiary/aromatic N) is 3. The van der Waals surface area contributed by atoms with Crippen LogP contribution in [0.2, 0.25) is 0 Å². The van der Waals surface area contributed by atoms with Gasteiger partial charge in [0, 0.05) is 49.1 Å². The van der Waals surface area contributed by atoms with Gasteiger partial charge >= 0.3 is 0 Å². The van der Waals surface area contributed by atoms with E-state index in [1.54, 1.807) is 0 Å². The van der Waals surface area contributed by atoms with Crippen molar-refractivity contribution in [1.82, 2.24) is 13.7 Å². The topological polar surface area (TPSA) is 14.8 Å². The lowest BCUT2D eigenvalue weighted by atomic mass is 10.00. The quantitative estimate of drug-likeness (QED) is 0.168. The Hall–Kier alpha value is -7.62. The second-order valence-electron chi connectivity index (χ2n) is 14.9. The van der Waals surface area contributed by atoms with Crippen LogP contribution in [0, 0.1) is 0 Å². The number of benzene rings is 9. The largest absolute Gasteiger partial charge is 0.309 e. The molecule has 0 atom stereocenters. The van der Waals surface area contributed by atoms with Crippen molar-refractivity contribution in [2.75, 3.05) is 0 Å². The van der Waals surface area contributed by atoms with E-state index in [-0.39, 0.29) is 0 Å². The highest BCUT2D eigenvalue weighted by molar-refractivity contribution is 6.13. The lowest BCUT2D eigenvalue weighted by Crippen LogP contribution is -1.98. The molecule has 3 nitrogen and oxygen atoms in total. The van der Waals surface area contributed by atoms with Gasteiger partial charge in [0.15, 0.2) is 0 Å². The molecular formula is C54H35N3. The molecule has 0 unspecified atom stereocenters. The SMILES string of the molecule is c1ccc(-n2c3ccccc3c3cc(-c4ccccc4-n4c5ccccc5c5cc(-c6ccccc6-n6c7ccccc7c7ccccc76)ccc54)ccc32)cc1. The first kappa shape index (κ1) is 31.7. The molecule has 266 valence electrons. The number of hydrogen-bond acceptors (Lipinski definition) is 0. The van der Waals surface area contributed by atoms with E-state index < -0.39 is 0 Å². The predicted molar refractivity (Wildman–Crippen MR) is 240 cm³/mol. The lowest BCUT2D eigenvalue weighted by molar-refractivity contribution is 1.18. The fraction of sp³-hybridized carbons (Fsp3) is 0. The zero-order valence-corrected chi connectivity index (χ0v) is 31.0. The van der Waals surface area contributed by atoms with E-state index in [0.29, 0.717) is 0 Å². The van der Waals surface area contributed by atoms with Crippen LogP contribution in [-0.2, 0) is 0 Å². The van der Waals surface area contributed by atoms with Gasteiger partial charge in [-0.25, -0.2) is 0 Å². The third-order valence-corrected chi connectivity index (χ3v) is 11.9. The van der Waals surface area contributed by atoms with Crippen molar-refractivity contribution >= 4 is 65.4 Å². The molecule has 0 saturated heterocycles. The summed E-state index contributed by atoms with van der Waals surface area (Å²) in [6, 6.07) is 77.4. The van der Waals surface area contributed by atoms with E-state index in [9.17, 15) is 0 Å². The predicted octanol–water partition coefficient (Wildman–Crippen LogP) is 14.3. The van der Waals surface area contributed by atoms with Gasteiger partial charge in [-0.1, -0.05) is 140 Å². The summed E-state index contributed by atoms with van der Waals surface area (Å²) < 4.78 is 7.27. The van der Waals surface area contributed by atoms with Crippen LogP contribution in [0.25, 0.3) is 105 Å². The van der Waals surface area contributed by atoms with E-state index in [2.05, 4.69) is 226 Å². The maximum Gasteiger partial charge on any atom is 0.0541 e. The van der Waals surface area contributed by atoms with E-state index >= 15 is 0 Å². The molecule has 3 heteroatoms. The molecule has 12 rings (SSSR count). The Bertz CT molecular complexity index is 3470. The summed E-state index contributed by atoms with van der Waals surface area (Å²) >= 11 is 0. The Balaban J connectivity index is 1.05. The Morgan fingerprint density at radius 3 is 1.04 bits per heavy atom. The third kappa shape index (κ3) is 4.73. The second-order valence-corrected chi connectivity index (χ2v) is 14.9. The first-order valence-corrected chi connectivity index (χ1v) is 19.6. The molecule has 57 heavy (non-hydrogen) atoms. The van der Waals surface area contributed by atoms with Gasteiger partial charge in [-0.05, 0) is 83.9 Å². The van der Waals surface area contributed by atoms with Crippen LogP contribution in [0.3, 0.4) is 0 Å². The molecule has 3 heterocycles. The standard InChI is InChI=1S/C54H35N3/c1-2-16-38(17-3-1)55-49-26-12-8-22-43(49)45-34-36(30-32-53(45)55)40-19-5-11-25-48(40)57-52-29-15-9-23-44(52)46-35-37(31-33-54(46)57)39-18-4-10-24-47(39)56-50-27-13-6-20-41(50)42-21-7-14-28-51(42)56/h1-35H. The molecule has 0 bridgehead atoms. The van der Waals surface area contributed by atoms with Gasteiger partial charge in [0.2, 0.25) is 0 Å². The van der Waals surface area contributed by atoms with Gasteiger partial charge in [-0.15, -0.1) is 0 Å². The Morgan fingerprint density at radius 1 is 0.228 bits per heavy atom. The highest BCUT2D eigenvalue weighted by Crippen LogP contribution is 2.42. The minimum Gasteiger partial charge on any atom is -0.309 e. The van der Waals surface area contributed by atoms with Crippen LogP contribution in [0.15, 0.2) is 212 Å². The van der Waals surface area contributed by atoms with Gasteiger partial charge in [0.1, 0.15) is 0 Å². The maximum absolute atomic E-state index is 2.46. The average molecular weight is 726 g/mol. The number of para-hydroxylation sites is 7. The summed E-state index contributed by atoms with van der Waals surface area (Å²) in [5.74, 6) is 0. The van der Waals surface area contributed by atoms with E-state index in [1.165, 1.54) is 99.0 Å². The van der Waals surface area contributed by atoms with Gasteiger partial charge < -0.3 is 13.7 Å². The van der Waals surface area contributed by atoms with Crippen molar-refractivity contribution in [1.29, 1.82) is 0 Å². The van der Waals surface area contributed by atoms with Crippen LogP contribution in [0.1, 0.15) is 0 Å². The van der Waals surface area contributed by atoms with Crippen molar-refractivity contribution in [2.45, 2.75) is 0 Å². The molecule has 12 aromatic rings. The molecule has 0 saturated carbocycles. The van der Waals surface area contributed by atoms with E-state index in [0.717, 1.165) is 5.69 Å². The summed E-state index contributed by atoms with van der Waals surface area (Å²) in [4.78, 5) is 0. The van der Waals surface area contributed by atoms with Crippen molar-refractivity contribution in [2.24, 2.45) is 0 Å². The summed E-state index contributed by atoms with van der Waals surface area (Å²) in [6.07, 6.45) is 0. The number of fused-ring (bicyclic) bond motifs is 9. The number of hydrogen-bond donors (Lipinski definition) is 0. The maximum atomic E-state index is 2.46. The zero-order chi connectivity index (χ0) is 37.5. The normalized spacial score (nSPS) is 11.9. The highest BCUT2D eigenvalue weighted by Gasteiger charge is 2.20. The molecule has 0 aliphatic carbocycles. The van der Waals surface area contributed by atoms with Crippen molar-refractivity contribution < 1.29 is 0 Å². The van der Waals surface area contributed by atoms with Crippen molar-refractivity contribution in [3.63, 3.8) is 0 Å². The first-order valence-electron chi connectivity index (χ1n) is 19.6. The molecule has 9 aromatic carbocycles. The van der Waals surface area contributed by atoms with Crippen LogP contribution in [-0.4, -0.2) is 13.7 Å². The summed E-state index contributed by atoms with van der Waals surface area (Å²) in [5, 5.41) is 7.50. The van der Waals surface area contributed by atoms with Crippen LogP contribution < -0.4 is 0 Å². The Kier molecular flexibility index (Phi) is 6.93. The Labute approximate surface area is 329 Å². The number of aromatic nitrogens is 3. The van der Waals surface area contributed by atoms with E-state index in [1.807, 2.05) is 0 Å². The minimum atomic E-state index is 1.16. The lowest BCUT2D eigenvalue weighted by Gasteiger charge is -2.16. The number of rotatable bonds is 5. The Morgan fingerprint density at radius 2 is 0.561 bits per heavy atom. The fourth-order valence-corrected chi connectivity index (χ4v) is 9.40. The first-order chi connectivity index (χ1) is 28.3. The van der Waals surface area contributed by atoms with Gasteiger partial charge in [0.25, 0.3) is 0 Å². The molecule has 0 radical (unpaired) electrons. The van der Waals surface area contributed by atoms with Crippen molar-refractivity contribution in [3.05, 3.63) is 212 Å². The van der Waals surface area contributed by atoms with Crippen LogP contribution >= 0.6 is 0 Å². The molecule has 0 N–H and O–H groups in total. The fourth-order valence-electron chi connectivity index (χ4n) is 9.40. The molecule has 0 aliphatic heterocycles. The smallest absolute Gasteiger partial charge is 0.0541 e. The van der Waals surface area contributed by atoms with Gasteiger partial charge in [-0.3, -0.25) is 0 Å². The highest BCUT2D eigenvalue weighted by atomic mass is 15.0. The zero-order valence-electron chi connectivity index (χ0n) is 31.0. The van der Waals surface area contributed by atoms with Crippen molar-refractivity contribution in [3.8, 4) is 39.3 Å². The molecule has 0 spiro atoms. The second kappa shape index (κ2) is 12.5. The average Bonchev–Trinajstić information content (AvgIpc) is 3.92. The molecule has 0 fully saturated rings. The third-order valence-electron chi connectivity index (χ3n) is 11.9. The van der Waals surface area contributed by atoms with Crippen LogP contribution in [0.4, 0.5) is 0 Å². The summed E-state index contributed by atoms with van der Waals surface area (Å²) in [6.45, 7) is 0. The minimum absolute atomic E-state index is 1.16.